The smallest absolute Gasteiger partial charge is 0.160 e. The Bertz CT molecular complexity index is 491. The van der Waals surface area contributed by atoms with Gasteiger partial charge in [-0.2, -0.15) is 0 Å². The fraction of sp³-hybridized carbons (Fsp3) is 0.647. The minimum Gasteiger partial charge on any atom is -0.493 e. The van der Waals surface area contributed by atoms with Crippen LogP contribution < -0.4 is 14.8 Å². The van der Waals surface area contributed by atoms with E-state index in [1.54, 1.807) is 14.2 Å². The van der Waals surface area contributed by atoms with Gasteiger partial charge in [0.1, 0.15) is 0 Å². The van der Waals surface area contributed by atoms with Crippen molar-refractivity contribution in [1.29, 1.82) is 0 Å². The third-order valence-corrected chi connectivity index (χ3v) is 4.26. The summed E-state index contributed by atoms with van der Waals surface area (Å²) in [5, 5.41) is 3.51. The van der Waals surface area contributed by atoms with Gasteiger partial charge in [0.15, 0.2) is 11.5 Å². The predicted octanol–water partition coefficient (Wildman–Crippen LogP) is 2.79. The van der Waals surface area contributed by atoms with E-state index in [1.165, 1.54) is 5.56 Å². The summed E-state index contributed by atoms with van der Waals surface area (Å²) in [6.45, 7) is 8.28. The largest absolute Gasteiger partial charge is 0.493 e. The normalized spacial score (nSPS) is 29.2. The van der Waals surface area contributed by atoms with Gasteiger partial charge in [0.25, 0.3) is 0 Å². The third-order valence-electron chi connectivity index (χ3n) is 4.26. The lowest BCUT2D eigenvalue weighted by molar-refractivity contribution is -0.162. The molecule has 0 aromatic heterocycles. The molecular formula is C17H27NO3. The van der Waals surface area contributed by atoms with Crippen molar-refractivity contribution < 1.29 is 14.2 Å². The molecule has 1 aliphatic rings. The molecule has 1 saturated heterocycles. The van der Waals surface area contributed by atoms with Crippen LogP contribution in [0.1, 0.15) is 32.8 Å². The van der Waals surface area contributed by atoms with Crippen molar-refractivity contribution in [2.24, 2.45) is 0 Å². The quantitative estimate of drug-likeness (QED) is 0.906. The zero-order valence-corrected chi connectivity index (χ0v) is 13.8. The lowest BCUT2D eigenvalue weighted by Gasteiger charge is -2.45. The van der Waals surface area contributed by atoms with Gasteiger partial charge in [-0.15, -0.1) is 0 Å². The van der Waals surface area contributed by atoms with Gasteiger partial charge in [-0.25, -0.2) is 0 Å². The molecule has 1 heterocycles. The first-order valence-corrected chi connectivity index (χ1v) is 7.55. The van der Waals surface area contributed by atoms with Crippen molar-refractivity contribution in [2.45, 2.75) is 44.8 Å². The van der Waals surface area contributed by atoms with Crippen LogP contribution in [0.25, 0.3) is 0 Å². The molecule has 0 radical (unpaired) electrons. The van der Waals surface area contributed by atoms with Gasteiger partial charge in [-0.05, 0) is 38.0 Å². The Morgan fingerprint density at radius 2 is 1.76 bits per heavy atom. The van der Waals surface area contributed by atoms with Crippen LogP contribution in [0.15, 0.2) is 18.2 Å². The Morgan fingerprint density at radius 1 is 1.10 bits per heavy atom. The van der Waals surface area contributed by atoms with Gasteiger partial charge in [-0.3, -0.25) is 0 Å². The van der Waals surface area contributed by atoms with Crippen LogP contribution in [0.3, 0.4) is 0 Å². The zero-order chi connectivity index (χ0) is 15.5. The van der Waals surface area contributed by atoms with E-state index in [-0.39, 0.29) is 11.2 Å². The van der Waals surface area contributed by atoms with E-state index < -0.39 is 0 Å². The highest BCUT2D eigenvalue weighted by Crippen LogP contribution is 2.33. The molecule has 0 saturated carbocycles. The molecule has 1 fully saturated rings. The van der Waals surface area contributed by atoms with E-state index >= 15 is 0 Å². The molecule has 2 atom stereocenters. The van der Waals surface area contributed by atoms with Crippen LogP contribution in [0, 0.1) is 0 Å². The molecule has 1 aromatic carbocycles. The number of benzene rings is 1. The SMILES string of the molecule is CCC1(C)CNCC(C)(Cc2ccc(OC)c(OC)c2)O1. The molecule has 1 N–H and O–H groups in total. The summed E-state index contributed by atoms with van der Waals surface area (Å²) < 4.78 is 17.1. The van der Waals surface area contributed by atoms with Crippen molar-refractivity contribution >= 4 is 0 Å². The zero-order valence-electron chi connectivity index (χ0n) is 13.8. The average molecular weight is 293 g/mol. The van der Waals surface area contributed by atoms with Crippen molar-refractivity contribution in [2.75, 3.05) is 27.3 Å². The van der Waals surface area contributed by atoms with Crippen LogP contribution in [0.2, 0.25) is 0 Å². The van der Waals surface area contributed by atoms with Crippen LogP contribution >= 0.6 is 0 Å². The first-order chi connectivity index (χ1) is 9.93. The maximum absolute atomic E-state index is 6.41. The van der Waals surface area contributed by atoms with Crippen LogP contribution in [0.4, 0.5) is 0 Å². The number of nitrogens with one attached hydrogen (secondary N) is 1. The van der Waals surface area contributed by atoms with Crippen molar-refractivity contribution in [3.8, 4) is 11.5 Å². The third kappa shape index (κ3) is 3.69. The second-order valence-electron chi connectivity index (χ2n) is 6.33. The summed E-state index contributed by atoms with van der Waals surface area (Å²) in [6, 6.07) is 6.06. The van der Waals surface area contributed by atoms with E-state index in [4.69, 9.17) is 14.2 Å². The summed E-state index contributed by atoms with van der Waals surface area (Å²) in [5.41, 5.74) is 0.893. The highest BCUT2D eigenvalue weighted by atomic mass is 16.5. The molecule has 2 rings (SSSR count). The monoisotopic (exact) mass is 293 g/mol. The number of rotatable bonds is 5. The van der Waals surface area contributed by atoms with Crippen molar-refractivity contribution in [3.63, 3.8) is 0 Å². The summed E-state index contributed by atoms with van der Waals surface area (Å²) in [7, 11) is 3.32. The van der Waals surface area contributed by atoms with Gasteiger partial charge >= 0.3 is 0 Å². The molecule has 118 valence electrons. The van der Waals surface area contributed by atoms with Gasteiger partial charge in [0, 0.05) is 19.5 Å². The lowest BCUT2D eigenvalue weighted by Crippen LogP contribution is -2.58. The maximum atomic E-state index is 6.41. The number of ether oxygens (including phenoxy) is 3. The number of morpholine rings is 1. The number of methoxy groups -OCH3 is 2. The number of hydrogen-bond acceptors (Lipinski definition) is 4. The molecule has 21 heavy (non-hydrogen) atoms. The van der Waals surface area contributed by atoms with Crippen molar-refractivity contribution in [1.82, 2.24) is 5.32 Å². The molecule has 2 unspecified atom stereocenters. The molecule has 0 aliphatic carbocycles. The average Bonchev–Trinajstić information content (AvgIpc) is 2.46. The highest BCUT2D eigenvalue weighted by Gasteiger charge is 2.39. The number of hydrogen-bond donors (Lipinski definition) is 1. The molecule has 4 heteroatoms. The van der Waals surface area contributed by atoms with Gasteiger partial charge in [-0.1, -0.05) is 13.0 Å². The van der Waals surface area contributed by atoms with E-state index in [1.807, 2.05) is 12.1 Å². The minimum atomic E-state index is -0.206. The Balaban J connectivity index is 2.16. The van der Waals surface area contributed by atoms with Crippen LogP contribution in [-0.2, 0) is 11.2 Å². The topological polar surface area (TPSA) is 39.7 Å². The summed E-state index contributed by atoms with van der Waals surface area (Å²) in [6.07, 6.45) is 1.84. The fourth-order valence-electron chi connectivity index (χ4n) is 2.98. The van der Waals surface area contributed by atoms with E-state index in [0.29, 0.717) is 0 Å². The first kappa shape index (κ1) is 16.1. The Morgan fingerprint density at radius 3 is 2.38 bits per heavy atom. The minimum absolute atomic E-state index is 0.0937. The fourth-order valence-corrected chi connectivity index (χ4v) is 2.98. The molecular weight excluding hydrogens is 266 g/mol. The summed E-state index contributed by atoms with van der Waals surface area (Å²) in [4.78, 5) is 0. The van der Waals surface area contributed by atoms with Crippen molar-refractivity contribution in [3.05, 3.63) is 23.8 Å². The molecule has 4 nitrogen and oxygen atoms in total. The summed E-state index contributed by atoms with van der Waals surface area (Å²) >= 11 is 0. The lowest BCUT2D eigenvalue weighted by atomic mass is 9.90. The molecule has 0 amide bonds. The van der Waals surface area contributed by atoms with Gasteiger partial charge in [0.05, 0.1) is 25.4 Å². The second kappa shape index (κ2) is 6.24. The molecule has 0 spiro atoms. The molecule has 1 aliphatic heterocycles. The highest BCUT2D eigenvalue weighted by molar-refractivity contribution is 5.43. The van der Waals surface area contributed by atoms with Crippen LogP contribution in [0.5, 0.6) is 11.5 Å². The van der Waals surface area contributed by atoms with Gasteiger partial charge in [0.2, 0.25) is 0 Å². The standard InChI is InChI=1S/C17H27NO3/c1-6-16(2)11-18-12-17(3,21-16)10-13-7-8-14(19-4)15(9-13)20-5/h7-9,18H,6,10-12H2,1-5H3. The predicted molar refractivity (Wildman–Crippen MR) is 84.3 cm³/mol. The van der Waals surface area contributed by atoms with E-state index in [0.717, 1.165) is 37.4 Å². The first-order valence-electron chi connectivity index (χ1n) is 7.55. The Labute approximate surface area is 127 Å². The summed E-state index contributed by atoms with van der Waals surface area (Å²) in [5.74, 6) is 1.52. The molecule has 1 aromatic rings. The maximum Gasteiger partial charge on any atom is 0.160 e. The van der Waals surface area contributed by atoms with Crippen LogP contribution in [-0.4, -0.2) is 38.5 Å². The van der Waals surface area contributed by atoms with E-state index in [9.17, 15) is 0 Å². The van der Waals surface area contributed by atoms with E-state index in [2.05, 4.69) is 32.2 Å². The Hall–Kier alpha value is -1.26. The van der Waals surface area contributed by atoms with Gasteiger partial charge < -0.3 is 19.5 Å². The molecule has 0 bridgehead atoms. The second-order valence-corrected chi connectivity index (χ2v) is 6.33. The Kier molecular flexibility index (Phi) is 4.79.